The zero-order valence-corrected chi connectivity index (χ0v) is 14.4. The molecule has 0 spiro atoms. The lowest BCUT2D eigenvalue weighted by atomic mass is 9.78. The molecular formula is C16H23BrN4. The zero-order valence-electron chi connectivity index (χ0n) is 12.8. The quantitative estimate of drug-likeness (QED) is 0.862. The maximum absolute atomic E-state index is 4.58. The summed E-state index contributed by atoms with van der Waals surface area (Å²) < 4.78 is 2.79. The summed E-state index contributed by atoms with van der Waals surface area (Å²) in [6.07, 6.45) is 8.59. The molecule has 0 radical (unpaired) electrons. The Hall–Kier alpha value is -1.10. The van der Waals surface area contributed by atoms with Crippen LogP contribution in [0.2, 0.25) is 0 Å². The van der Waals surface area contributed by atoms with Gasteiger partial charge in [-0.3, -0.25) is 0 Å². The summed E-state index contributed by atoms with van der Waals surface area (Å²) >= 11 is 3.52. The van der Waals surface area contributed by atoms with Crippen LogP contribution in [-0.4, -0.2) is 21.1 Å². The third kappa shape index (κ3) is 3.23. The first kappa shape index (κ1) is 14.8. The molecule has 1 saturated carbocycles. The van der Waals surface area contributed by atoms with E-state index < -0.39 is 0 Å². The van der Waals surface area contributed by atoms with Crippen LogP contribution in [0.1, 0.15) is 46.0 Å². The molecule has 4 nitrogen and oxygen atoms in total. The standard InChI is InChI=1S/C16H23BrN4/c1-12(2)10-16(7-3-4-8-16)11-18-15-19-14-13(17)6-5-9-21(14)20-15/h5-6,9,12H,3-4,7-8,10-11H2,1-2H3,(H,18,20). The van der Waals surface area contributed by atoms with Crippen LogP contribution in [-0.2, 0) is 0 Å². The van der Waals surface area contributed by atoms with Gasteiger partial charge in [0.1, 0.15) is 0 Å². The van der Waals surface area contributed by atoms with Crippen molar-refractivity contribution < 1.29 is 0 Å². The second-order valence-electron chi connectivity index (χ2n) is 6.72. The number of pyridine rings is 1. The van der Waals surface area contributed by atoms with E-state index in [-0.39, 0.29) is 0 Å². The molecule has 0 bridgehead atoms. The molecule has 1 aliphatic rings. The van der Waals surface area contributed by atoms with Crippen molar-refractivity contribution in [1.82, 2.24) is 14.6 Å². The van der Waals surface area contributed by atoms with Crippen molar-refractivity contribution in [3.05, 3.63) is 22.8 Å². The Morgan fingerprint density at radius 1 is 1.38 bits per heavy atom. The van der Waals surface area contributed by atoms with Crippen molar-refractivity contribution in [2.75, 3.05) is 11.9 Å². The first-order chi connectivity index (χ1) is 10.1. The molecule has 0 saturated heterocycles. The smallest absolute Gasteiger partial charge is 0.243 e. The Kier molecular flexibility index (Phi) is 4.20. The Morgan fingerprint density at radius 2 is 2.14 bits per heavy atom. The van der Waals surface area contributed by atoms with Gasteiger partial charge >= 0.3 is 0 Å². The fourth-order valence-corrected chi connectivity index (χ4v) is 4.08. The topological polar surface area (TPSA) is 42.2 Å². The van der Waals surface area contributed by atoms with Crippen LogP contribution in [0.4, 0.5) is 5.95 Å². The fourth-order valence-electron chi connectivity index (χ4n) is 3.66. The van der Waals surface area contributed by atoms with E-state index in [0.717, 1.165) is 28.5 Å². The van der Waals surface area contributed by atoms with E-state index >= 15 is 0 Å². The lowest BCUT2D eigenvalue weighted by Gasteiger charge is -2.30. The number of nitrogens with one attached hydrogen (secondary N) is 1. The van der Waals surface area contributed by atoms with Gasteiger partial charge in [0.2, 0.25) is 5.95 Å². The molecule has 2 aromatic rings. The van der Waals surface area contributed by atoms with Gasteiger partial charge in [-0.15, -0.1) is 5.10 Å². The third-order valence-electron chi connectivity index (χ3n) is 4.44. The summed E-state index contributed by atoms with van der Waals surface area (Å²) in [5, 5.41) is 7.99. The maximum Gasteiger partial charge on any atom is 0.243 e. The van der Waals surface area contributed by atoms with Gasteiger partial charge in [-0.25, -0.2) is 4.52 Å². The van der Waals surface area contributed by atoms with Gasteiger partial charge in [0, 0.05) is 12.7 Å². The maximum atomic E-state index is 4.58. The number of hydrogen-bond donors (Lipinski definition) is 1. The SMILES string of the molecule is CC(C)CC1(CNc2nc3c(Br)cccn3n2)CCCC1. The number of rotatable bonds is 5. The Bertz CT molecular complexity index is 614. The fraction of sp³-hybridized carbons (Fsp3) is 0.625. The van der Waals surface area contributed by atoms with Gasteiger partial charge in [0.05, 0.1) is 4.47 Å². The van der Waals surface area contributed by atoms with Crippen LogP contribution < -0.4 is 5.32 Å². The highest BCUT2D eigenvalue weighted by atomic mass is 79.9. The van der Waals surface area contributed by atoms with Crippen LogP contribution in [0.15, 0.2) is 22.8 Å². The molecule has 2 aromatic heterocycles. The predicted octanol–water partition coefficient (Wildman–Crippen LogP) is 4.51. The van der Waals surface area contributed by atoms with Crippen LogP contribution >= 0.6 is 15.9 Å². The van der Waals surface area contributed by atoms with Crippen LogP contribution in [0.5, 0.6) is 0 Å². The normalized spacial score (nSPS) is 17.7. The second-order valence-corrected chi connectivity index (χ2v) is 7.57. The van der Waals surface area contributed by atoms with E-state index in [2.05, 4.69) is 45.2 Å². The van der Waals surface area contributed by atoms with Crippen molar-refractivity contribution >= 4 is 27.5 Å². The van der Waals surface area contributed by atoms with Gasteiger partial charge in [-0.05, 0) is 58.7 Å². The molecule has 1 aliphatic carbocycles. The molecule has 1 fully saturated rings. The number of aromatic nitrogens is 3. The lowest BCUT2D eigenvalue weighted by Crippen LogP contribution is -2.28. The van der Waals surface area contributed by atoms with Crippen molar-refractivity contribution in [3.63, 3.8) is 0 Å². The van der Waals surface area contributed by atoms with Crippen molar-refractivity contribution in [2.24, 2.45) is 11.3 Å². The van der Waals surface area contributed by atoms with E-state index in [1.54, 1.807) is 0 Å². The molecule has 3 rings (SSSR count). The number of halogens is 1. The number of nitrogens with zero attached hydrogens (tertiary/aromatic N) is 3. The summed E-state index contributed by atoms with van der Waals surface area (Å²) in [5.41, 5.74) is 1.30. The van der Waals surface area contributed by atoms with E-state index in [0.29, 0.717) is 5.41 Å². The summed E-state index contributed by atoms with van der Waals surface area (Å²) in [6, 6.07) is 3.96. The zero-order chi connectivity index (χ0) is 14.9. The predicted molar refractivity (Wildman–Crippen MR) is 89.5 cm³/mol. The van der Waals surface area contributed by atoms with Crippen LogP contribution in [0.3, 0.4) is 0 Å². The van der Waals surface area contributed by atoms with Crippen molar-refractivity contribution in [3.8, 4) is 0 Å². The lowest BCUT2D eigenvalue weighted by molar-refractivity contribution is 0.252. The Labute approximate surface area is 134 Å². The van der Waals surface area contributed by atoms with Crippen LogP contribution in [0.25, 0.3) is 5.65 Å². The van der Waals surface area contributed by atoms with E-state index in [4.69, 9.17) is 0 Å². The van der Waals surface area contributed by atoms with E-state index in [9.17, 15) is 0 Å². The molecule has 1 N–H and O–H groups in total. The summed E-state index contributed by atoms with van der Waals surface area (Å²) in [7, 11) is 0. The molecule has 0 atom stereocenters. The first-order valence-corrected chi connectivity index (χ1v) is 8.62. The Balaban J connectivity index is 1.74. The first-order valence-electron chi connectivity index (χ1n) is 7.83. The monoisotopic (exact) mass is 350 g/mol. The largest absolute Gasteiger partial charge is 0.352 e. The molecule has 0 aliphatic heterocycles. The van der Waals surface area contributed by atoms with E-state index in [1.165, 1.54) is 32.1 Å². The van der Waals surface area contributed by atoms with Gasteiger partial charge in [-0.1, -0.05) is 26.7 Å². The summed E-state index contributed by atoms with van der Waals surface area (Å²) in [6.45, 7) is 5.63. The molecular weight excluding hydrogens is 328 g/mol. The highest BCUT2D eigenvalue weighted by Crippen LogP contribution is 2.43. The van der Waals surface area contributed by atoms with Gasteiger partial charge < -0.3 is 5.32 Å². The highest BCUT2D eigenvalue weighted by Gasteiger charge is 2.34. The van der Waals surface area contributed by atoms with Crippen LogP contribution in [0, 0.1) is 11.3 Å². The minimum absolute atomic E-state index is 0.433. The molecule has 114 valence electrons. The average molecular weight is 351 g/mol. The average Bonchev–Trinajstić information content (AvgIpc) is 3.03. The minimum atomic E-state index is 0.433. The minimum Gasteiger partial charge on any atom is -0.352 e. The third-order valence-corrected chi connectivity index (χ3v) is 5.06. The molecule has 5 heteroatoms. The summed E-state index contributed by atoms with van der Waals surface area (Å²) in [4.78, 5) is 4.58. The Morgan fingerprint density at radius 3 is 2.81 bits per heavy atom. The number of anilines is 1. The van der Waals surface area contributed by atoms with Crippen molar-refractivity contribution in [2.45, 2.75) is 46.0 Å². The molecule has 2 heterocycles. The molecule has 0 unspecified atom stereocenters. The van der Waals surface area contributed by atoms with E-state index in [1.807, 2.05) is 22.8 Å². The molecule has 0 aromatic carbocycles. The van der Waals surface area contributed by atoms with Crippen molar-refractivity contribution in [1.29, 1.82) is 0 Å². The number of hydrogen-bond acceptors (Lipinski definition) is 3. The highest BCUT2D eigenvalue weighted by molar-refractivity contribution is 9.10. The van der Waals surface area contributed by atoms with Gasteiger partial charge in [0.15, 0.2) is 5.65 Å². The second kappa shape index (κ2) is 5.95. The molecule has 21 heavy (non-hydrogen) atoms. The summed E-state index contributed by atoms with van der Waals surface area (Å²) in [5.74, 6) is 1.48. The molecule has 0 amide bonds. The number of fused-ring (bicyclic) bond motifs is 1. The van der Waals surface area contributed by atoms with Gasteiger partial charge in [0.25, 0.3) is 0 Å². The van der Waals surface area contributed by atoms with Gasteiger partial charge in [-0.2, -0.15) is 4.98 Å².